The van der Waals surface area contributed by atoms with Gasteiger partial charge in [0.2, 0.25) is 0 Å². The summed E-state index contributed by atoms with van der Waals surface area (Å²) in [5.41, 5.74) is -2.45. The van der Waals surface area contributed by atoms with Crippen molar-refractivity contribution in [1.82, 2.24) is 5.32 Å². The summed E-state index contributed by atoms with van der Waals surface area (Å²) in [6.45, 7) is 28.9. The summed E-state index contributed by atoms with van der Waals surface area (Å²) in [6.07, 6.45) is 2.48. The van der Waals surface area contributed by atoms with Crippen LogP contribution < -0.4 is 5.32 Å². The number of ether oxygens (including phenoxy) is 3. The van der Waals surface area contributed by atoms with Crippen LogP contribution in [0.25, 0.3) is 0 Å². The van der Waals surface area contributed by atoms with Crippen molar-refractivity contribution < 1.29 is 33.0 Å². The van der Waals surface area contributed by atoms with Crippen molar-refractivity contribution in [3.8, 4) is 0 Å². The molecule has 0 rings (SSSR count). The number of hydrogen-bond donors (Lipinski definition) is 1. The van der Waals surface area contributed by atoms with Crippen LogP contribution in [0.1, 0.15) is 128 Å². The highest BCUT2D eigenvalue weighted by Crippen LogP contribution is 2.36. The number of nitrogens with one attached hydrogen (secondary N) is 1. The maximum atomic E-state index is 12.7. The third-order valence-electron chi connectivity index (χ3n) is 6.77. The zero-order valence-electron chi connectivity index (χ0n) is 28.2. The molecule has 0 amide bonds. The standard InChI is InChI=1S/C31H61NO7Si/c1-27(2,3)37-24(33)16-19-31(20-17-25(34)38-28(4,5)6,21-18-26(35)39-29(7,8)9)32-22-15-23-36-40(13,14)30(10,11)12/h32H,15-23H2,1-14H3. The van der Waals surface area contributed by atoms with Crippen LogP contribution in [0.3, 0.4) is 0 Å². The molecule has 0 aliphatic carbocycles. The minimum atomic E-state index is -1.87. The van der Waals surface area contributed by atoms with E-state index < -0.39 is 30.7 Å². The Labute approximate surface area is 246 Å². The van der Waals surface area contributed by atoms with Gasteiger partial charge in [-0.2, -0.15) is 0 Å². The van der Waals surface area contributed by atoms with Crippen LogP contribution in [0.4, 0.5) is 0 Å². The van der Waals surface area contributed by atoms with Crippen molar-refractivity contribution in [2.24, 2.45) is 0 Å². The van der Waals surface area contributed by atoms with E-state index in [0.29, 0.717) is 32.4 Å². The average molecular weight is 588 g/mol. The first-order valence-corrected chi connectivity index (χ1v) is 17.7. The molecule has 1 N–H and O–H groups in total. The van der Waals surface area contributed by atoms with Gasteiger partial charge >= 0.3 is 17.9 Å². The normalized spacial score (nSPS) is 13.7. The Morgan fingerprint density at radius 1 is 0.600 bits per heavy atom. The van der Waals surface area contributed by atoms with E-state index >= 15 is 0 Å². The Bertz CT molecular complexity index is 733. The second kappa shape index (κ2) is 15.1. The van der Waals surface area contributed by atoms with Crippen LogP contribution in [0.2, 0.25) is 18.1 Å². The molecule has 0 atom stereocenters. The van der Waals surface area contributed by atoms with Gasteiger partial charge in [0.1, 0.15) is 16.8 Å². The fraction of sp³-hybridized carbons (Fsp3) is 0.903. The summed E-state index contributed by atoms with van der Waals surface area (Å²) in [5, 5.41) is 3.75. The predicted octanol–water partition coefficient (Wildman–Crippen LogP) is 7.09. The quantitative estimate of drug-likeness (QED) is 0.0938. The summed E-state index contributed by atoms with van der Waals surface area (Å²) in [6, 6.07) is 0. The van der Waals surface area contributed by atoms with E-state index in [0.717, 1.165) is 6.42 Å². The monoisotopic (exact) mass is 587 g/mol. The van der Waals surface area contributed by atoms with Gasteiger partial charge in [0.05, 0.1) is 0 Å². The van der Waals surface area contributed by atoms with E-state index in [2.05, 4.69) is 39.2 Å². The highest BCUT2D eigenvalue weighted by atomic mass is 28.4. The molecule has 0 aromatic carbocycles. The summed E-state index contributed by atoms with van der Waals surface area (Å²) >= 11 is 0. The maximum Gasteiger partial charge on any atom is 0.306 e. The highest BCUT2D eigenvalue weighted by molar-refractivity contribution is 6.74. The smallest absolute Gasteiger partial charge is 0.306 e. The molecule has 0 radical (unpaired) electrons. The molecule has 8 nitrogen and oxygen atoms in total. The molecule has 40 heavy (non-hydrogen) atoms. The lowest BCUT2D eigenvalue weighted by molar-refractivity contribution is -0.155. The lowest BCUT2D eigenvalue weighted by Gasteiger charge is -2.37. The van der Waals surface area contributed by atoms with E-state index in [9.17, 15) is 14.4 Å². The number of esters is 3. The molecule has 0 aliphatic rings. The molecule has 0 fully saturated rings. The molecule has 236 valence electrons. The Balaban J connectivity index is 5.79. The van der Waals surface area contributed by atoms with Gasteiger partial charge in [-0.15, -0.1) is 0 Å². The predicted molar refractivity (Wildman–Crippen MR) is 164 cm³/mol. The SMILES string of the molecule is CC(C)(C)OC(=O)CCC(CCC(=O)OC(C)(C)C)(CCC(=O)OC(C)(C)C)NCCCO[Si](C)(C)C(C)(C)C. The molecule has 0 aromatic heterocycles. The van der Waals surface area contributed by atoms with Gasteiger partial charge in [0.25, 0.3) is 0 Å². The summed E-state index contributed by atoms with van der Waals surface area (Å²) in [4.78, 5) is 38.1. The molecule has 0 aliphatic heterocycles. The Kier molecular flexibility index (Phi) is 14.6. The molecule has 0 aromatic rings. The van der Waals surface area contributed by atoms with Gasteiger partial charge in [-0.1, -0.05) is 20.8 Å². The summed E-state index contributed by atoms with van der Waals surface area (Å²) in [7, 11) is -1.87. The van der Waals surface area contributed by atoms with Crippen molar-refractivity contribution in [2.45, 2.75) is 169 Å². The minimum Gasteiger partial charge on any atom is -0.460 e. The van der Waals surface area contributed by atoms with Gasteiger partial charge in [-0.3, -0.25) is 14.4 Å². The zero-order chi connectivity index (χ0) is 31.6. The van der Waals surface area contributed by atoms with E-state index in [1.165, 1.54) is 0 Å². The maximum absolute atomic E-state index is 12.7. The van der Waals surface area contributed by atoms with Crippen LogP contribution in [-0.4, -0.2) is 61.7 Å². The van der Waals surface area contributed by atoms with Crippen molar-refractivity contribution in [2.75, 3.05) is 13.2 Å². The van der Waals surface area contributed by atoms with Crippen LogP contribution in [0.5, 0.6) is 0 Å². The van der Waals surface area contributed by atoms with E-state index in [1.54, 1.807) is 0 Å². The van der Waals surface area contributed by atoms with E-state index in [1.807, 2.05) is 62.3 Å². The molecular weight excluding hydrogens is 526 g/mol. The fourth-order valence-corrected chi connectivity index (χ4v) is 4.90. The topological polar surface area (TPSA) is 100 Å². The highest BCUT2D eigenvalue weighted by Gasteiger charge is 2.37. The molecule has 0 unspecified atom stereocenters. The lowest BCUT2D eigenvalue weighted by atomic mass is 9.83. The number of carbonyl (C=O) groups is 3. The van der Waals surface area contributed by atoms with E-state index in [-0.39, 0.29) is 42.2 Å². The number of rotatable bonds is 15. The fourth-order valence-electron chi connectivity index (χ4n) is 3.81. The molecule has 0 spiro atoms. The van der Waals surface area contributed by atoms with Crippen LogP contribution in [-0.2, 0) is 33.0 Å². The molecule has 0 heterocycles. The molecule has 0 saturated heterocycles. The Morgan fingerprint density at radius 2 is 0.925 bits per heavy atom. The van der Waals surface area contributed by atoms with Crippen LogP contribution in [0, 0.1) is 0 Å². The van der Waals surface area contributed by atoms with Crippen LogP contribution in [0.15, 0.2) is 0 Å². The minimum absolute atomic E-state index is 0.123. The van der Waals surface area contributed by atoms with Crippen LogP contribution >= 0.6 is 0 Å². The van der Waals surface area contributed by atoms with Gasteiger partial charge in [0.15, 0.2) is 8.32 Å². The number of hydrogen-bond acceptors (Lipinski definition) is 8. The molecular formula is C31H61NO7Si. The van der Waals surface area contributed by atoms with Crippen molar-refractivity contribution in [3.05, 3.63) is 0 Å². The summed E-state index contributed by atoms with van der Waals surface area (Å²) in [5.74, 6) is -0.932. The Morgan fingerprint density at radius 3 is 1.20 bits per heavy atom. The lowest BCUT2D eigenvalue weighted by Crippen LogP contribution is -2.48. The van der Waals surface area contributed by atoms with Gasteiger partial charge in [-0.05, 0) is 113 Å². The first kappa shape index (κ1) is 38.5. The third-order valence-corrected chi connectivity index (χ3v) is 11.3. The summed E-state index contributed by atoms with van der Waals surface area (Å²) < 4.78 is 23.0. The van der Waals surface area contributed by atoms with Crippen molar-refractivity contribution in [3.63, 3.8) is 0 Å². The Hall–Kier alpha value is -1.45. The van der Waals surface area contributed by atoms with Crippen molar-refractivity contribution >= 4 is 26.2 Å². The largest absolute Gasteiger partial charge is 0.460 e. The second-order valence-electron chi connectivity index (χ2n) is 15.4. The number of carbonyl (C=O) groups excluding carboxylic acids is 3. The molecule has 9 heteroatoms. The first-order valence-electron chi connectivity index (χ1n) is 14.8. The molecule has 0 saturated carbocycles. The van der Waals surface area contributed by atoms with Gasteiger partial charge in [-0.25, -0.2) is 0 Å². The first-order chi connectivity index (χ1) is 17.8. The third kappa shape index (κ3) is 18.1. The van der Waals surface area contributed by atoms with E-state index in [4.69, 9.17) is 18.6 Å². The van der Waals surface area contributed by atoms with Gasteiger partial charge in [0, 0.05) is 31.4 Å². The molecule has 0 bridgehead atoms. The van der Waals surface area contributed by atoms with Gasteiger partial charge < -0.3 is 24.0 Å². The zero-order valence-corrected chi connectivity index (χ0v) is 29.2. The second-order valence-corrected chi connectivity index (χ2v) is 20.2. The average Bonchev–Trinajstić information content (AvgIpc) is 2.69. The van der Waals surface area contributed by atoms with Crippen molar-refractivity contribution in [1.29, 1.82) is 0 Å².